The van der Waals surface area contributed by atoms with Gasteiger partial charge in [-0.25, -0.2) is 0 Å². The summed E-state index contributed by atoms with van der Waals surface area (Å²) in [5.41, 5.74) is 0. The van der Waals surface area contributed by atoms with E-state index >= 15 is 0 Å². The SMILES string of the molecule is CP(C)(C)(Br)CCCBr. The van der Waals surface area contributed by atoms with Crippen LogP contribution < -0.4 is 0 Å². The summed E-state index contributed by atoms with van der Waals surface area (Å²) < 4.78 is 0. The van der Waals surface area contributed by atoms with Crippen LogP contribution in [0.4, 0.5) is 0 Å². The summed E-state index contributed by atoms with van der Waals surface area (Å²) in [6, 6.07) is 0. The molecule has 58 valence electrons. The van der Waals surface area contributed by atoms with Gasteiger partial charge in [0.15, 0.2) is 0 Å². The first-order valence-corrected chi connectivity index (χ1v) is 10.00. The zero-order valence-corrected chi connectivity index (χ0v) is 10.4. The Morgan fingerprint density at radius 2 is 1.67 bits per heavy atom. The van der Waals surface area contributed by atoms with Gasteiger partial charge >= 0.3 is 74.6 Å². The fraction of sp³-hybridized carbons (Fsp3) is 1.00. The van der Waals surface area contributed by atoms with E-state index in [1.807, 2.05) is 0 Å². The molecule has 0 atom stereocenters. The Kier molecular flexibility index (Phi) is 3.69. The first kappa shape index (κ1) is 10.4. The van der Waals surface area contributed by atoms with Gasteiger partial charge in [0.1, 0.15) is 0 Å². The molecule has 0 aromatic rings. The van der Waals surface area contributed by atoms with E-state index in [2.05, 4.69) is 51.4 Å². The molecule has 0 radical (unpaired) electrons. The zero-order chi connectivity index (χ0) is 7.57. The number of rotatable bonds is 3. The molecule has 0 bridgehead atoms. The first-order chi connectivity index (χ1) is 3.81. The van der Waals surface area contributed by atoms with E-state index in [1.165, 1.54) is 12.6 Å². The van der Waals surface area contributed by atoms with Crippen LogP contribution in [-0.4, -0.2) is 31.5 Å². The molecular formula is C6H15Br2P. The first-order valence-electron chi connectivity index (χ1n) is 3.09. The van der Waals surface area contributed by atoms with Crippen LogP contribution in [0.5, 0.6) is 0 Å². The second-order valence-electron chi connectivity index (χ2n) is 3.68. The van der Waals surface area contributed by atoms with Crippen molar-refractivity contribution in [1.82, 2.24) is 0 Å². The normalized spacial score (nSPS) is 16.8. The molecule has 9 heavy (non-hydrogen) atoms. The van der Waals surface area contributed by atoms with Crippen molar-refractivity contribution in [2.75, 3.05) is 31.5 Å². The summed E-state index contributed by atoms with van der Waals surface area (Å²) in [6.07, 6.45) is 2.61. The van der Waals surface area contributed by atoms with Crippen LogP contribution in [0.25, 0.3) is 0 Å². The summed E-state index contributed by atoms with van der Waals surface area (Å²) >= 11 is 7.22. The van der Waals surface area contributed by atoms with Crippen LogP contribution >= 0.6 is 36.7 Å². The third kappa shape index (κ3) is 9.39. The van der Waals surface area contributed by atoms with E-state index in [0.717, 1.165) is 5.33 Å². The molecule has 0 aliphatic rings. The van der Waals surface area contributed by atoms with Gasteiger partial charge < -0.3 is 0 Å². The molecule has 0 aliphatic carbocycles. The van der Waals surface area contributed by atoms with Gasteiger partial charge in [-0.3, -0.25) is 0 Å². The van der Waals surface area contributed by atoms with E-state index in [-0.39, 0.29) is 0 Å². The summed E-state index contributed by atoms with van der Waals surface area (Å²) in [6.45, 7) is 7.02. The third-order valence-electron chi connectivity index (χ3n) is 1.05. The standard InChI is InChI=1S/C6H15Br2P/c1-9(2,3,8)6-4-5-7/h4-6H2,1-3H3. The van der Waals surface area contributed by atoms with Crippen LogP contribution in [0.3, 0.4) is 0 Å². The summed E-state index contributed by atoms with van der Waals surface area (Å²) in [7, 11) is 0. The molecule has 0 aliphatic heterocycles. The van der Waals surface area contributed by atoms with Crippen molar-refractivity contribution < 1.29 is 0 Å². The molecule has 0 rings (SSSR count). The third-order valence-corrected chi connectivity index (χ3v) is 4.50. The number of hydrogen-bond acceptors (Lipinski definition) is 0. The minimum atomic E-state index is -1.35. The quantitative estimate of drug-likeness (QED) is 0.547. The van der Waals surface area contributed by atoms with Gasteiger partial charge in [0.25, 0.3) is 0 Å². The Morgan fingerprint density at radius 1 is 1.22 bits per heavy atom. The maximum absolute atomic E-state index is 3.79. The second kappa shape index (κ2) is 3.19. The molecule has 0 fully saturated rings. The van der Waals surface area contributed by atoms with E-state index in [9.17, 15) is 0 Å². The van der Waals surface area contributed by atoms with Crippen LogP contribution in [-0.2, 0) is 0 Å². The average molecular weight is 278 g/mol. The topological polar surface area (TPSA) is 0 Å². The van der Waals surface area contributed by atoms with Gasteiger partial charge in [-0.2, -0.15) is 0 Å². The Morgan fingerprint density at radius 3 is 1.78 bits per heavy atom. The zero-order valence-electron chi connectivity index (χ0n) is 6.32. The Balaban J connectivity index is 3.60. The van der Waals surface area contributed by atoms with Gasteiger partial charge in [-0.1, -0.05) is 0 Å². The summed E-state index contributed by atoms with van der Waals surface area (Å²) in [5, 5.41) is -0.214. The molecule has 0 aromatic carbocycles. The van der Waals surface area contributed by atoms with Crippen molar-refractivity contribution in [2.24, 2.45) is 0 Å². The van der Waals surface area contributed by atoms with Crippen LogP contribution in [0.2, 0.25) is 0 Å². The second-order valence-corrected chi connectivity index (χ2v) is 18.6. The van der Waals surface area contributed by atoms with Gasteiger partial charge in [-0.15, -0.1) is 0 Å². The summed E-state index contributed by atoms with van der Waals surface area (Å²) in [4.78, 5) is 0. The van der Waals surface area contributed by atoms with Crippen molar-refractivity contribution in [1.29, 1.82) is 0 Å². The molecule has 0 spiro atoms. The van der Waals surface area contributed by atoms with Crippen molar-refractivity contribution in [3.63, 3.8) is 0 Å². The molecule has 3 heteroatoms. The fourth-order valence-corrected chi connectivity index (χ4v) is 3.29. The molecule has 0 amide bonds. The van der Waals surface area contributed by atoms with Crippen LogP contribution in [0.1, 0.15) is 6.42 Å². The van der Waals surface area contributed by atoms with Crippen molar-refractivity contribution in [3.05, 3.63) is 0 Å². The van der Waals surface area contributed by atoms with Gasteiger partial charge in [-0.05, 0) is 0 Å². The molecule has 0 saturated heterocycles. The Hall–Kier alpha value is 1.39. The number of alkyl halides is 1. The van der Waals surface area contributed by atoms with Crippen molar-refractivity contribution in [3.8, 4) is 0 Å². The van der Waals surface area contributed by atoms with Crippen LogP contribution in [0.15, 0.2) is 0 Å². The molecular weight excluding hydrogens is 263 g/mol. The van der Waals surface area contributed by atoms with E-state index in [1.54, 1.807) is 0 Å². The number of halogens is 2. The molecule has 0 aromatic heterocycles. The van der Waals surface area contributed by atoms with Crippen molar-refractivity contribution in [2.45, 2.75) is 6.42 Å². The molecule has 0 N–H and O–H groups in total. The van der Waals surface area contributed by atoms with Crippen molar-refractivity contribution >= 4 is 36.7 Å². The van der Waals surface area contributed by atoms with Gasteiger partial charge in [0.05, 0.1) is 0 Å². The molecule has 0 saturated carbocycles. The molecule has 0 nitrogen and oxygen atoms in total. The van der Waals surface area contributed by atoms with Gasteiger partial charge in [0.2, 0.25) is 0 Å². The predicted octanol–water partition coefficient (Wildman–Crippen LogP) is 3.52. The van der Waals surface area contributed by atoms with E-state index in [0.29, 0.717) is 0 Å². The van der Waals surface area contributed by atoms with E-state index in [4.69, 9.17) is 0 Å². The van der Waals surface area contributed by atoms with E-state index < -0.39 is 5.31 Å². The average Bonchev–Trinajstić information content (AvgIpc) is 1.57. The van der Waals surface area contributed by atoms with Gasteiger partial charge in [0, 0.05) is 0 Å². The Bertz CT molecular complexity index is 83.7. The maximum atomic E-state index is 3.79. The molecule has 0 heterocycles. The Labute approximate surface area is 74.6 Å². The van der Waals surface area contributed by atoms with Crippen LogP contribution in [0, 0.1) is 0 Å². The fourth-order valence-electron chi connectivity index (χ4n) is 0.594. The number of hydrogen-bond donors (Lipinski definition) is 0. The summed E-state index contributed by atoms with van der Waals surface area (Å²) in [5.74, 6) is 0. The molecule has 0 unspecified atom stereocenters. The monoisotopic (exact) mass is 276 g/mol. The minimum absolute atomic E-state index is 1.13. The predicted molar refractivity (Wildman–Crippen MR) is 56.9 cm³/mol.